The van der Waals surface area contributed by atoms with Gasteiger partial charge in [-0.15, -0.1) is 0 Å². The molecule has 0 aromatic carbocycles. The van der Waals surface area contributed by atoms with Crippen LogP contribution in [-0.2, 0) is 9.47 Å². The Morgan fingerprint density at radius 2 is 2.24 bits per heavy atom. The van der Waals surface area contributed by atoms with E-state index in [0.29, 0.717) is 29.7 Å². The summed E-state index contributed by atoms with van der Waals surface area (Å²) >= 11 is 0. The van der Waals surface area contributed by atoms with Crippen LogP contribution in [0, 0.1) is 5.41 Å². The van der Waals surface area contributed by atoms with E-state index in [0.717, 1.165) is 26.3 Å². The SMILES string of the molecule is CCOC1CC(NCC2CN3CCCC3CO2)C12CCC2. The molecule has 2 aliphatic heterocycles. The van der Waals surface area contributed by atoms with Gasteiger partial charge in [0.25, 0.3) is 0 Å². The molecule has 0 bridgehead atoms. The third-order valence-corrected chi connectivity index (χ3v) is 6.49. The van der Waals surface area contributed by atoms with E-state index in [1.165, 1.54) is 45.1 Å². The Balaban J connectivity index is 1.26. The van der Waals surface area contributed by atoms with Crippen LogP contribution in [0.4, 0.5) is 0 Å². The van der Waals surface area contributed by atoms with Crippen molar-refractivity contribution < 1.29 is 9.47 Å². The maximum absolute atomic E-state index is 6.07. The summed E-state index contributed by atoms with van der Waals surface area (Å²) in [5.41, 5.74) is 0.473. The average Bonchev–Trinajstić information content (AvgIpc) is 2.87. The molecule has 4 heteroatoms. The Morgan fingerprint density at radius 1 is 1.33 bits per heavy atom. The first-order valence-corrected chi connectivity index (χ1v) is 9.02. The fourth-order valence-electron chi connectivity index (χ4n) is 5.01. The molecule has 2 saturated heterocycles. The van der Waals surface area contributed by atoms with Gasteiger partial charge >= 0.3 is 0 Å². The molecule has 4 rings (SSSR count). The van der Waals surface area contributed by atoms with Crippen LogP contribution in [0.1, 0.15) is 45.4 Å². The smallest absolute Gasteiger partial charge is 0.0827 e. The van der Waals surface area contributed by atoms with Crippen LogP contribution in [-0.4, -0.2) is 62.0 Å². The summed E-state index contributed by atoms with van der Waals surface area (Å²) in [4.78, 5) is 2.64. The van der Waals surface area contributed by atoms with Crippen molar-refractivity contribution in [3.63, 3.8) is 0 Å². The summed E-state index contributed by atoms with van der Waals surface area (Å²) in [5, 5.41) is 3.82. The van der Waals surface area contributed by atoms with Crippen molar-refractivity contribution in [1.29, 1.82) is 0 Å². The van der Waals surface area contributed by atoms with Gasteiger partial charge in [0.2, 0.25) is 0 Å². The highest BCUT2D eigenvalue weighted by molar-refractivity contribution is 5.12. The fraction of sp³-hybridized carbons (Fsp3) is 1.00. The molecule has 1 N–H and O–H groups in total. The zero-order valence-corrected chi connectivity index (χ0v) is 13.4. The molecule has 2 saturated carbocycles. The minimum Gasteiger partial charge on any atom is -0.378 e. The predicted octanol–water partition coefficient (Wildman–Crippen LogP) is 1.79. The van der Waals surface area contributed by atoms with Crippen LogP contribution in [0.5, 0.6) is 0 Å². The Bertz CT molecular complexity index is 372. The number of hydrogen-bond acceptors (Lipinski definition) is 4. The van der Waals surface area contributed by atoms with Crippen molar-refractivity contribution in [2.75, 3.05) is 32.8 Å². The molecular weight excluding hydrogens is 264 g/mol. The van der Waals surface area contributed by atoms with Crippen molar-refractivity contribution in [2.24, 2.45) is 5.41 Å². The zero-order valence-electron chi connectivity index (χ0n) is 13.4. The minimum absolute atomic E-state index is 0.391. The fourth-order valence-corrected chi connectivity index (χ4v) is 5.01. The highest BCUT2D eigenvalue weighted by atomic mass is 16.5. The first-order chi connectivity index (χ1) is 10.3. The first kappa shape index (κ1) is 14.4. The molecule has 0 aromatic rings. The van der Waals surface area contributed by atoms with Gasteiger partial charge in [-0.2, -0.15) is 0 Å². The molecule has 21 heavy (non-hydrogen) atoms. The summed E-state index contributed by atoms with van der Waals surface area (Å²) in [6.45, 7) is 7.37. The van der Waals surface area contributed by atoms with Crippen LogP contribution in [0.2, 0.25) is 0 Å². The summed E-state index contributed by atoms with van der Waals surface area (Å²) in [6, 6.07) is 1.38. The van der Waals surface area contributed by atoms with Crippen molar-refractivity contribution in [3.8, 4) is 0 Å². The van der Waals surface area contributed by atoms with Crippen LogP contribution in [0.25, 0.3) is 0 Å². The topological polar surface area (TPSA) is 33.7 Å². The van der Waals surface area contributed by atoms with Gasteiger partial charge in [0.15, 0.2) is 0 Å². The highest BCUT2D eigenvalue weighted by Crippen LogP contribution is 2.57. The number of rotatable bonds is 5. The van der Waals surface area contributed by atoms with Gasteiger partial charge in [-0.25, -0.2) is 0 Å². The zero-order chi connectivity index (χ0) is 14.3. The van der Waals surface area contributed by atoms with Gasteiger partial charge in [0.05, 0.1) is 18.8 Å². The molecule has 0 amide bonds. The molecule has 4 aliphatic rings. The summed E-state index contributed by atoms with van der Waals surface area (Å²) in [7, 11) is 0. The third-order valence-electron chi connectivity index (χ3n) is 6.49. The van der Waals surface area contributed by atoms with E-state index >= 15 is 0 Å². The van der Waals surface area contributed by atoms with Crippen molar-refractivity contribution >= 4 is 0 Å². The molecule has 2 heterocycles. The summed E-state index contributed by atoms with van der Waals surface area (Å²) in [5.74, 6) is 0. The molecule has 4 atom stereocenters. The van der Waals surface area contributed by atoms with Gasteiger partial charge in [0, 0.05) is 37.2 Å². The maximum atomic E-state index is 6.07. The number of nitrogens with zero attached hydrogens (tertiary/aromatic N) is 1. The molecule has 120 valence electrons. The van der Waals surface area contributed by atoms with E-state index in [2.05, 4.69) is 17.1 Å². The van der Waals surface area contributed by atoms with Crippen molar-refractivity contribution in [2.45, 2.75) is 69.7 Å². The number of fused-ring (bicyclic) bond motifs is 1. The normalized spacial score (nSPS) is 41.6. The Kier molecular flexibility index (Phi) is 3.99. The number of morpholine rings is 1. The Hall–Kier alpha value is -0.160. The second kappa shape index (κ2) is 5.80. The van der Waals surface area contributed by atoms with E-state index in [4.69, 9.17) is 9.47 Å². The van der Waals surface area contributed by atoms with Crippen molar-refractivity contribution in [3.05, 3.63) is 0 Å². The molecule has 4 nitrogen and oxygen atoms in total. The van der Waals surface area contributed by atoms with E-state index < -0.39 is 0 Å². The lowest BCUT2D eigenvalue weighted by molar-refractivity contribution is -0.175. The summed E-state index contributed by atoms with van der Waals surface area (Å²) < 4.78 is 12.0. The predicted molar refractivity (Wildman–Crippen MR) is 82.4 cm³/mol. The van der Waals surface area contributed by atoms with E-state index in [1.807, 2.05) is 0 Å². The minimum atomic E-state index is 0.391. The number of ether oxygens (including phenoxy) is 2. The second-order valence-electron chi connectivity index (χ2n) is 7.47. The maximum Gasteiger partial charge on any atom is 0.0827 e. The van der Waals surface area contributed by atoms with Crippen LogP contribution in [0.3, 0.4) is 0 Å². The van der Waals surface area contributed by atoms with Gasteiger partial charge in [0.1, 0.15) is 0 Å². The van der Waals surface area contributed by atoms with Gasteiger partial charge in [-0.3, -0.25) is 4.90 Å². The lowest BCUT2D eigenvalue weighted by Crippen LogP contribution is -2.67. The first-order valence-electron chi connectivity index (χ1n) is 9.02. The van der Waals surface area contributed by atoms with E-state index in [-0.39, 0.29) is 0 Å². The molecule has 0 aromatic heterocycles. The molecule has 4 fully saturated rings. The monoisotopic (exact) mass is 294 g/mol. The largest absolute Gasteiger partial charge is 0.378 e. The Morgan fingerprint density at radius 3 is 3.00 bits per heavy atom. The van der Waals surface area contributed by atoms with Crippen LogP contribution in [0.15, 0.2) is 0 Å². The molecule has 0 radical (unpaired) electrons. The summed E-state index contributed by atoms with van der Waals surface area (Å²) in [6.07, 6.45) is 8.90. The molecular formula is C17H30N2O2. The van der Waals surface area contributed by atoms with Crippen LogP contribution < -0.4 is 5.32 Å². The Labute approximate surface area is 128 Å². The van der Waals surface area contributed by atoms with Gasteiger partial charge in [-0.05, 0) is 45.6 Å². The average molecular weight is 294 g/mol. The highest BCUT2D eigenvalue weighted by Gasteiger charge is 2.58. The lowest BCUT2D eigenvalue weighted by atomic mass is 9.51. The quantitative estimate of drug-likeness (QED) is 0.838. The number of nitrogens with one attached hydrogen (secondary N) is 1. The van der Waals surface area contributed by atoms with Crippen molar-refractivity contribution in [1.82, 2.24) is 10.2 Å². The third kappa shape index (κ3) is 2.44. The van der Waals surface area contributed by atoms with E-state index in [9.17, 15) is 0 Å². The number of hydrogen-bond donors (Lipinski definition) is 1. The van der Waals surface area contributed by atoms with E-state index in [1.54, 1.807) is 0 Å². The standard InChI is InChI=1S/C17H30N2O2/c1-2-20-16-9-15(17(16)6-4-7-17)18-10-14-11-19-8-3-5-13(19)12-21-14/h13-16,18H,2-12H2,1H3. The molecule has 4 unspecified atom stereocenters. The lowest BCUT2D eigenvalue weighted by Gasteiger charge is -2.61. The van der Waals surface area contributed by atoms with Gasteiger partial charge in [-0.1, -0.05) is 6.42 Å². The molecule has 1 spiro atoms. The van der Waals surface area contributed by atoms with Crippen LogP contribution >= 0.6 is 0 Å². The van der Waals surface area contributed by atoms with Gasteiger partial charge < -0.3 is 14.8 Å². The molecule has 2 aliphatic carbocycles. The second-order valence-corrected chi connectivity index (χ2v) is 7.47.